The average Bonchev–Trinajstić information content (AvgIpc) is 2.85. The molecule has 0 radical (unpaired) electrons. The van der Waals surface area contributed by atoms with E-state index in [1.54, 1.807) is 25.7 Å². The third kappa shape index (κ3) is 7.07. The smallest absolute Gasteiger partial charge is 0.407 e. The molecule has 0 saturated heterocycles. The molecule has 9 nitrogen and oxygen atoms in total. The fourth-order valence-corrected chi connectivity index (χ4v) is 4.08. The van der Waals surface area contributed by atoms with Gasteiger partial charge in [0, 0.05) is 30.0 Å². The molecule has 2 aromatic heterocycles. The molecule has 0 aliphatic heterocycles. The Morgan fingerprint density at radius 1 is 1.03 bits per heavy atom. The second-order valence-corrected chi connectivity index (χ2v) is 9.78. The maximum atomic E-state index is 12.3. The lowest BCUT2D eigenvalue weighted by atomic mass is 9.91. The summed E-state index contributed by atoms with van der Waals surface area (Å²) in [6, 6.07) is 11.2. The summed E-state index contributed by atoms with van der Waals surface area (Å²) in [6.07, 6.45) is 8.36. The number of amides is 1. The number of hydrogen-bond acceptors (Lipinski definition) is 8. The van der Waals surface area contributed by atoms with Gasteiger partial charge in [-0.3, -0.25) is 4.98 Å². The molecule has 3 aromatic rings. The summed E-state index contributed by atoms with van der Waals surface area (Å²) in [4.78, 5) is 25.7. The Morgan fingerprint density at radius 3 is 2.47 bits per heavy atom. The van der Waals surface area contributed by atoms with E-state index in [1.807, 2.05) is 57.2 Å². The number of ether oxygens (including phenoxy) is 3. The average molecular weight is 492 g/mol. The van der Waals surface area contributed by atoms with Gasteiger partial charge in [-0.25, -0.2) is 9.78 Å². The number of rotatable bonds is 7. The summed E-state index contributed by atoms with van der Waals surface area (Å²) < 4.78 is 16.9. The Bertz CT molecular complexity index is 1150. The molecule has 0 spiro atoms. The summed E-state index contributed by atoms with van der Waals surface area (Å²) in [7, 11) is 1.62. The van der Waals surface area contributed by atoms with Crippen LogP contribution in [0, 0.1) is 0 Å². The van der Waals surface area contributed by atoms with E-state index in [4.69, 9.17) is 19.2 Å². The molecule has 9 heteroatoms. The zero-order valence-corrected chi connectivity index (χ0v) is 21.2. The van der Waals surface area contributed by atoms with E-state index >= 15 is 0 Å². The van der Waals surface area contributed by atoms with E-state index in [0.29, 0.717) is 23.1 Å². The van der Waals surface area contributed by atoms with Crippen LogP contribution in [0.1, 0.15) is 46.5 Å². The monoisotopic (exact) mass is 491 g/mol. The molecule has 2 unspecified atom stereocenters. The molecule has 1 amide bonds. The first-order valence-electron chi connectivity index (χ1n) is 12.1. The normalized spacial score (nSPS) is 17.7. The highest BCUT2D eigenvalue weighted by Gasteiger charge is 2.26. The van der Waals surface area contributed by atoms with Crippen LogP contribution in [-0.2, 0) is 4.74 Å². The van der Waals surface area contributed by atoms with Crippen LogP contribution >= 0.6 is 0 Å². The number of aromatic nitrogens is 3. The van der Waals surface area contributed by atoms with Gasteiger partial charge in [0.15, 0.2) is 5.82 Å². The van der Waals surface area contributed by atoms with Crippen molar-refractivity contribution < 1.29 is 19.0 Å². The number of benzene rings is 1. The van der Waals surface area contributed by atoms with E-state index in [9.17, 15) is 4.79 Å². The van der Waals surface area contributed by atoms with Gasteiger partial charge in [-0.2, -0.15) is 4.98 Å². The molecule has 2 N–H and O–H groups in total. The van der Waals surface area contributed by atoms with Crippen LogP contribution in [0.3, 0.4) is 0 Å². The van der Waals surface area contributed by atoms with Gasteiger partial charge >= 0.3 is 6.09 Å². The lowest BCUT2D eigenvalue weighted by Crippen LogP contribution is -2.43. The molecule has 190 valence electrons. The molecule has 1 aromatic carbocycles. The molecule has 0 bridgehead atoms. The minimum absolute atomic E-state index is 0.0210. The quantitative estimate of drug-likeness (QED) is 0.441. The van der Waals surface area contributed by atoms with Crippen molar-refractivity contribution >= 4 is 11.8 Å². The summed E-state index contributed by atoms with van der Waals surface area (Å²) in [5.74, 6) is 2.30. The third-order valence-corrected chi connectivity index (χ3v) is 5.70. The summed E-state index contributed by atoms with van der Waals surface area (Å²) >= 11 is 0. The molecule has 2 heterocycles. The molecular formula is C27H33N5O4. The largest absolute Gasteiger partial charge is 0.497 e. The number of carbonyl (C=O) groups is 1. The molecular weight excluding hydrogens is 458 g/mol. The third-order valence-electron chi connectivity index (χ3n) is 5.70. The Morgan fingerprint density at radius 2 is 1.78 bits per heavy atom. The van der Waals surface area contributed by atoms with E-state index in [-0.39, 0.29) is 18.2 Å². The maximum absolute atomic E-state index is 12.3. The highest BCUT2D eigenvalue weighted by Crippen LogP contribution is 2.32. The lowest BCUT2D eigenvalue weighted by Gasteiger charge is -2.31. The van der Waals surface area contributed by atoms with Crippen molar-refractivity contribution in [3.63, 3.8) is 0 Å². The van der Waals surface area contributed by atoms with E-state index in [0.717, 1.165) is 37.0 Å². The van der Waals surface area contributed by atoms with Crippen molar-refractivity contribution in [3.8, 4) is 28.8 Å². The first-order chi connectivity index (χ1) is 17.3. The van der Waals surface area contributed by atoms with Gasteiger partial charge < -0.3 is 24.8 Å². The zero-order valence-electron chi connectivity index (χ0n) is 21.2. The van der Waals surface area contributed by atoms with Crippen LogP contribution in [0.5, 0.6) is 17.4 Å². The molecule has 1 fully saturated rings. The van der Waals surface area contributed by atoms with Crippen LogP contribution in [-0.4, -0.2) is 45.8 Å². The van der Waals surface area contributed by atoms with Crippen molar-refractivity contribution in [1.82, 2.24) is 20.3 Å². The molecule has 1 aliphatic rings. The number of methoxy groups -OCH3 is 1. The van der Waals surface area contributed by atoms with Crippen molar-refractivity contribution in [1.29, 1.82) is 0 Å². The van der Waals surface area contributed by atoms with E-state index in [2.05, 4.69) is 20.6 Å². The highest BCUT2D eigenvalue weighted by molar-refractivity contribution is 5.68. The number of pyridine rings is 1. The number of carbonyl (C=O) groups excluding carboxylic acids is 1. The summed E-state index contributed by atoms with van der Waals surface area (Å²) in [5, 5.41) is 6.54. The Kier molecular flexibility index (Phi) is 7.87. The van der Waals surface area contributed by atoms with Crippen LogP contribution in [0.4, 0.5) is 10.5 Å². The number of hydrogen-bond donors (Lipinski definition) is 2. The Hall–Kier alpha value is -3.88. The predicted octanol–water partition coefficient (Wildman–Crippen LogP) is 5.59. The molecule has 36 heavy (non-hydrogen) atoms. The maximum Gasteiger partial charge on any atom is 0.407 e. The molecule has 2 atom stereocenters. The molecule has 1 aliphatic carbocycles. The van der Waals surface area contributed by atoms with Crippen LogP contribution in [0.25, 0.3) is 11.4 Å². The van der Waals surface area contributed by atoms with Crippen molar-refractivity contribution in [2.45, 2.75) is 64.1 Å². The first-order valence-corrected chi connectivity index (χ1v) is 12.1. The van der Waals surface area contributed by atoms with Gasteiger partial charge in [0.05, 0.1) is 13.3 Å². The number of alkyl carbamates (subject to hydrolysis) is 1. The van der Waals surface area contributed by atoms with Gasteiger partial charge in [0.1, 0.15) is 22.8 Å². The topological polar surface area (TPSA) is 107 Å². The van der Waals surface area contributed by atoms with Crippen LogP contribution < -0.4 is 20.1 Å². The SMILES string of the molecule is COc1ccc(Oc2nc(-c3cccnc3)ncc2NC2CCCC(NC(=O)OC(C)(C)C)C2)cc1. The number of nitrogens with one attached hydrogen (secondary N) is 2. The van der Waals surface area contributed by atoms with Gasteiger partial charge in [0.2, 0.25) is 5.88 Å². The molecule has 4 rings (SSSR count). The fourth-order valence-electron chi connectivity index (χ4n) is 4.08. The Balaban J connectivity index is 1.52. The van der Waals surface area contributed by atoms with E-state index < -0.39 is 5.60 Å². The summed E-state index contributed by atoms with van der Waals surface area (Å²) in [5.41, 5.74) is 0.946. The highest BCUT2D eigenvalue weighted by atomic mass is 16.6. The van der Waals surface area contributed by atoms with Crippen molar-refractivity contribution in [2.75, 3.05) is 12.4 Å². The summed E-state index contributed by atoms with van der Waals surface area (Å²) in [6.45, 7) is 5.58. The first kappa shape index (κ1) is 25.2. The predicted molar refractivity (Wildman–Crippen MR) is 137 cm³/mol. The number of nitrogens with zero attached hydrogens (tertiary/aromatic N) is 3. The van der Waals surface area contributed by atoms with Crippen molar-refractivity contribution in [2.24, 2.45) is 0 Å². The zero-order chi connectivity index (χ0) is 25.5. The van der Waals surface area contributed by atoms with Gasteiger partial charge in [0.25, 0.3) is 0 Å². The number of anilines is 1. The minimum atomic E-state index is -0.530. The van der Waals surface area contributed by atoms with Crippen LogP contribution in [0.15, 0.2) is 55.0 Å². The van der Waals surface area contributed by atoms with Gasteiger partial charge in [-0.1, -0.05) is 0 Å². The van der Waals surface area contributed by atoms with Gasteiger partial charge in [-0.15, -0.1) is 0 Å². The van der Waals surface area contributed by atoms with Crippen molar-refractivity contribution in [3.05, 3.63) is 55.0 Å². The second kappa shape index (κ2) is 11.2. The Labute approximate surface area is 211 Å². The standard InChI is InChI=1S/C27H33N5O4/c1-27(2,3)36-26(33)31-20-9-5-8-19(15-20)30-23-17-29-24(18-7-6-14-28-16-18)32-25(23)35-22-12-10-21(34-4)11-13-22/h6-7,10-14,16-17,19-20,30H,5,8-9,15H2,1-4H3,(H,31,33). The molecule has 1 saturated carbocycles. The second-order valence-electron chi connectivity index (χ2n) is 9.78. The lowest BCUT2D eigenvalue weighted by molar-refractivity contribution is 0.0492. The minimum Gasteiger partial charge on any atom is -0.497 e. The van der Waals surface area contributed by atoms with Gasteiger partial charge in [-0.05, 0) is 82.9 Å². The van der Waals surface area contributed by atoms with E-state index in [1.165, 1.54) is 0 Å². The fraction of sp³-hybridized carbons (Fsp3) is 0.407. The van der Waals surface area contributed by atoms with Crippen LogP contribution in [0.2, 0.25) is 0 Å².